The van der Waals surface area contributed by atoms with E-state index in [1.54, 1.807) is 11.8 Å². The van der Waals surface area contributed by atoms with E-state index in [0.29, 0.717) is 0 Å². The number of aromatic nitrogens is 2. The summed E-state index contributed by atoms with van der Waals surface area (Å²) in [4.78, 5) is 3.63. The van der Waals surface area contributed by atoms with Gasteiger partial charge in [0.1, 0.15) is 0 Å². The summed E-state index contributed by atoms with van der Waals surface area (Å²) in [5.41, 5.74) is 3.76. The van der Waals surface area contributed by atoms with Crippen LogP contribution in [0.3, 0.4) is 0 Å². The van der Waals surface area contributed by atoms with Crippen LogP contribution in [0.1, 0.15) is 16.8 Å². The van der Waals surface area contributed by atoms with Gasteiger partial charge < -0.3 is 0 Å². The molecule has 1 aromatic heterocycles. The van der Waals surface area contributed by atoms with Crippen LogP contribution < -0.4 is 0 Å². The van der Waals surface area contributed by atoms with Crippen molar-refractivity contribution in [3.8, 4) is 0 Å². The summed E-state index contributed by atoms with van der Waals surface area (Å²) in [6.07, 6.45) is 4.20. The fraction of sp³-hybridized carbons (Fsp3) is 0.400. The highest BCUT2D eigenvalue weighted by Crippen LogP contribution is 2.16. The quantitative estimate of drug-likeness (QED) is 0.783. The van der Waals surface area contributed by atoms with Gasteiger partial charge >= 0.3 is 0 Å². The summed E-state index contributed by atoms with van der Waals surface area (Å²) in [6, 6.07) is 8.78. The van der Waals surface area contributed by atoms with Gasteiger partial charge in [-0.2, -0.15) is 5.10 Å². The van der Waals surface area contributed by atoms with Crippen molar-refractivity contribution >= 4 is 11.8 Å². The summed E-state index contributed by atoms with van der Waals surface area (Å²) in [6.45, 7) is 3.96. The number of rotatable bonds is 5. The van der Waals surface area contributed by atoms with Gasteiger partial charge in [-0.1, -0.05) is 12.1 Å². The van der Waals surface area contributed by atoms with Crippen molar-refractivity contribution in [1.82, 2.24) is 14.7 Å². The van der Waals surface area contributed by atoms with Crippen molar-refractivity contribution in [1.29, 1.82) is 0 Å². The molecule has 0 unspecified atom stereocenters. The molecule has 2 aromatic rings. The first-order valence-electron chi connectivity index (χ1n) is 6.39. The van der Waals surface area contributed by atoms with Crippen LogP contribution in [0.15, 0.2) is 35.4 Å². The normalized spacial score (nSPS) is 11.2. The number of nitrogens with zero attached hydrogens (tertiary/aromatic N) is 3. The van der Waals surface area contributed by atoms with Gasteiger partial charge in [0.15, 0.2) is 0 Å². The molecule has 4 heteroatoms. The maximum absolute atomic E-state index is 4.38. The molecular formula is C15H21N3S. The van der Waals surface area contributed by atoms with E-state index in [9.17, 15) is 0 Å². The molecule has 0 spiro atoms. The van der Waals surface area contributed by atoms with E-state index in [-0.39, 0.29) is 0 Å². The Morgan fingerprint density at radius 1 is 1.21 bits per heavy atom. The molecule has 0 saturated carbocycles. The van der Waals surface area contributed by atoms with Gasteiger partial charge in [0.2, 0.25) is 0 Å². The predicted molar refractivity (Wildman–Crippen MR) is 81.3 cm³/mol. The summed E-state index contributed by atoms with van der Waals surface area (Å²) >= 11 is 1.78. The molecule has 0 bridgehead atoms. The first-order valence-corrected chi connectivity index (χ1v) is 7.61. The van der Waals surface area contributed by atoms with E-state index in [4.69, 9.17) is 0 Å². The zero-order valence-corrected chi connectivity index (χ0v) is 12.9. The standard InChI is InChI=1S/C15H21N3S/c1-12-14(11-18(3)16-12)10-17(2)9-13-5-7-15(19-4)8-6-13/h5-8,11H,9-10H2,1-4H3. The van der Waals surface area contributed by atoms with Crippen LogP contribution in [-0.2, 0) is 20.1 Å². The predicted octanol–water partition coefficient (Wildman–Crippen LogP) is 3.08. The van der Waals surface area contributed by atoms with Crippen molar-refractivity contribution in [2.45, 2.75) is 24.9 Å². The van der Waals surface area contributed by atoms with Crippen LogP contribution in [0.5, 0.6) is 0 Å². The van der Waals surface area contributed by atoms with Gasteiger partial charge in [-0.3, -0.25) is 9.58 Å². The third kappa shape index (κ3) is 3.85. The van der Waals surface area contributed by atoms with Crippen molar-refractivity contribution in [3.63, 3.8) is 0 Å². The van der Waals surface area contributed by atoms with Crippen molar-refractivity contribution in [2.75, 3.05) is 13.3 Å². The Morgan fingerprint density at radius 2 is 1.89 bits per heavy atom. The Kier molecular flexibility index (Phi) is 4.66. The molecule has 1 heterocycles. The van der Waals surface area contributed by atoms with Gasteiger partial charge in [0.05, 0.1) is 5.69 Å². The highest BCUT2D eigenvalue weighted by Gasteiger charge is 2.07. The summed E-state index contributed by atoms with van der Waals surface area (Å²) in [7, 11) is 4.12. The number of aryl methyl sites for hydroxylation is 2. The Balaban J connectivity index is 1.96. The minimum atomic E-state index is 0.934. The second-order valence-electron chi connectivity index (χ2n) is 4.93. The molecule has 1 aromatic carbocycles. The van der Waals surface area contributed by atoms with Crippen molar-refractivity contribution in [2.24, 2.45) is 7.05 Å². The van der Waals surface area contributed by atoms with Crippen LogP contribution in [0.25, 0.3) is 0 Å². The second kappa shape index (κ2) is 6.26. The van der Waals surface area contributed by atoms with E-state index in [0.717, 1.165) is 18.8 Å². The second-order valence-corrected chi connectivity index (χ2v) is 5.81. The topological polar surface area (TPSA) is 21.1 Å². The molecule has 0 aliphatic heterocycles. The van der Waals surface area contributed by atoms with E-state index in [1.165, 1.54) is 16.0 Å². The number of benzene rings is 1. The third-order valence-electron chi connectivity index (χ3n) is 3.17. The molecule has 0 radical (unpaired) electrons. The first kappa shape index (κ1) is 14.2. The van der Waals surface area contributed by atoms with Gasteiger partial charge in [-0.05, 0) is 37.9 Å². The van der Waals surface area contributed by atoms with E-state index >= 15 is 0 Å². The molecule has 0 amide bonds. The fourth-order valence-electron chi connectivity index (χ4n) is 2.19. The molecule has 0 N–H and O–H groups in total. The van der Waals surface area contributed by atoms with Crippen LogP contribution in [0, 0.1) is 6.92 Å². The molecule has 0 aliphatic rings. The Morgan fingerprint density at radius 3 is 2.42 bits per heavy atom. The highest BCUT2D eigenvalue weighted by molar-refractivity contribution is 7.98. The molecule has 0 saturated heterocycles. The lowest BCUT2D eigenvalue weighted by molar-refractivity contribution is 0.318. The van der Waals surface area contributed by atoms with Gasteiger partial charge in [0, 0.05) is 36.8 Å². The Hall–Kier alpha value is -1.26. The zero-order chi connectivity index (χ0) is 13.8. The lowest BCUT2D eigenvalue weighted by Crippen LogP contribution is -2.17. The monoisotopic (exact) mass is 275 g/mol. The zero-order valence-electron chi connectivity index (χ0n) is 12.1. The molecule has 102 valence electrons. The summed E-state index contributed by atoms with van der Waals surface area (Å²) in [5, 5.41) is 4.38. The molecule has 0 atom stereocenters. The summed E-state index contributed by atoms with van der Waals surface area (Å²) < 4.78 is 1.88. The lowest BCUT2D eigenvalue weighted by Gasteiger charge is -2.16. The largest absolute Gasteiger partial charge is 0.298 e. The maximum Gasteiger partial charge on any atom is 0.0638 e. The minimum absolute atomic E-state index is 0.934. The molecule has 19 heavy (non-hydrogen) atoms. The van der Waals surface area contributed by atoms with Gasteiger partial charge in [-0.15, -0.1) is 11.8 Å². The maximum atomic E-state index is 4.38. The number of hydrogen-bond acceptors (Lipinski definition) is 3. The fourth-order valence-corrected chi connectivity index (χ4v) is 2.60. The average Bonchev–Trinajstić information content (AvgIpc) is 2.68. The molecule has 2 rings (SSSR count). The SMILES string of the molecule is CSc1ccc(CN(C)Cc2cn(C)nc2C)cc1. The Bertz CT molecular complexity index is 531. The number of hydrogen-bond donors (Lipinski definition) is 0. The van der Waals surface area contributed by atoms with E-state index < -0.39 is 0 Å². The Labute approximate surface area is 119 Å². The van der Waals surface area contributed by atoms with Crippen molar-refractivity contribution in [3.05, 3.63) is 47.3 Å². The van der Waals surface area contributed by atoms with Gasteiger partial charge in [0.25, 0.3) is 0 Å². The van der Waals surface area contributed by atoms with E-state index in [1.807, 2.05) is 11.7 Å². The van der Waals surface area contributed by atoms with Crippen LogP contribution in [0.4, 0.5) is 0 Å². The van der Waals surface area contributed by atoms with Crippen LogP contribution >= 0.6 is 11.8 Å². The van der Waals surface area contributed by atoms with Crippen LogP contribution in [0.2, 0.25) is 0 Å². The average molecular weight is 275 g/mol. The minimum Gasteiger partial charge on any atom is -0.298 e. The first-order chi connectivity index (χ1) is 9.08. The molecular weight excluding hydrogens is 254 g/mol. The number of thioether (sulfide) groups is 1. The van der Waals surface area contributed by atoms with Gasteiger partial charge in [-0.25, -0.2) is 0 Å². The third-order valence-corrected chi connectivity index (χ3v) is 3.91. The highest BCUT2D eigenvalue weighted by atomic mass is 32.2. The molecule has 0 fully saturated rings. The molecule has 0 aliphatic carbocycles. The summed E-state index contributed by atoms with van der Waals surface area (Å²) in [5.74, 6) is 0. The van der Waals surface area contributed by atoms with Crippen LogP contribution in [-0.4, -0.2) is 28.0 Å². The van der Waals surface area contributed by atoms with Crippen molar-refractivity contribution < 1.29 is 0 Å². The van der Waals surface area contributed by atoms with E-state index in [2.05, 4.69) is 60.7 Å². The molecule has 3 nitrogen and oxygen atoms in total. The smallest absolute Gasteiger partial charge is 0.0638 e. The lowest BCUT2D eigenvalue weighted by atomic mass is 10.2.